The molecule has 0 bridgehead atoms. The Bertz CT molecular complexity index is 1920. The molecule has 7 atom stereocenters. The van der Waals surface area contributed by atoms with Crippen LogP contribution in [0.5, 0.6) is 0 Å². The standard InChI is InChI=1S/C83H143NO8/c1-3-5-7-9-11-13-15-17-19-21-23-25-27-29-31-33-35-37-38-39-40-41-43-45-47-49-51-53-55-57-59-61-63-65-67-69-71-73-79(87)84-76(75-91-83-82(90)81(89)80(88)78(74-85)92-83)77(86)72-70-68-66-64-62-60-58-56-54-52-50-48-46-44-42-36-34-32-30-28-26-24-22-20-18-16-14-12-10-8-6-4-2/h5,7,11,13,17,19,23,25,29,31,35,37,39-40,43,45,49,51,62,64,70,72,76-78,80-83,85-86,88-90H,3-4,6,8-10,12,14-16,18,20-22,24,26-28,30,32-34,36,38,41-42,44,46-48,50,52-61,63,65-69,71,73-75H2,1-2H3,(H,84,87)/b7-5-,13-11-,19-17-,25-23-,31-29-,37-35-,40-39-,45-43-,51-49-,64-62+,72-70+. The van der Waals surface area contributed by atoms with Gasteiger partial charge in [0.15, 0.2) is 6.29 Å². The number of carbonyl (C=O) groups is 1. The molecule has 92 heavy (non-hydrogen) atoms. The molecule has 1 aliphatic rings. The fourth-order valence-electron chi connectivity index (χ4n) is 11.5. The van der Waals surface area contributed by atoms with Crippen molar-refractivity contribution in [2.75, 3.05) is 13.2 Å². The molecule has 6 N–H and O–H groups in total. The van der Waals surface area contributed by atoms with Crippen LogP contribution in [0.3, 0.4) is 0 Å². The van der Waals surface area contributed by atoms with Gasteiger partial charge in [0.05, 0.1) is 25.4 Å². The molecular formula is C83H143NO8. The smallest absolute Gasteiger partial charge is 0.220 e. The molecule has 0 aromatic carbocycles. The van der Waals surface area contributed by atoms with E-state index in [2.05, 4.69) is 141 Å². The van der Waals surface area contributed by atoms with Crippen molar-refractivity contribution in [1.29, 1.82) is 0 Å². The Morgan fingerprint density at radius 1 is 0.380 bits per heavy atom. The number of amides is 1. The second kappa shape index (κ2) is 70.1. The number of ether oxygens (including phenoxy) is 2. The Morgan fingerprint density at radius 3 is 1.04 bits per heavy atom. The van der Waals surface area contributed by atoms with Crippen molar-refractivity contribution in [2.24, 2.45) is 0 Å². The molecular weight excluding hydrogens is 1140 g/mol. The number of rotatable bonds is 66. The Labute approximate surface area is 566 Å². The van der Waals surface area contributed by atoms with E-state index >= 15 is 0 Å². The van der Waals surface area contributed by atoms with Gasteiger partial charge in [-0.05, 0) is 103 Å². The van der Waals surface area contributed by atoms with Crippen LogP contribution in [-0.2, 0) is 14.3 Å². The molecule has 1 saturated heterocycles. The Kier molecular flexibility index (Phi) is 65.8. The largest absolute Gasteiger partial charge is 0.394 e. The summed E-state index contributed by atoms with van der Waals surface area (Å²) in [6, 6.07) is -0.837. The fraction of sp³-hybridized carbons (Fsp3) is 0.723. The lowest BCUT2D eigenvalue weighted by Crippen LogP contribution is -2.60. The molecule has 1 aliphatic heterocycles. The molecule has 0 spiro atoms. The summed E-state index contributed by atoms with van der Waals surface area (Å²) in [6.45, 7) is 3.67. The van der Waals surface area contributed by atoms with Gasteiger partial charge in [0.2, 0.25) is 5.91 Å². The molecule has 1 amide bonds. The summed E-state index contributed by atoms with van der Waals surface area (Å²) < 4.78 is 11.3. The number of allylic oxidation sites excluding steroid dienone is 21. The minimum Gasteiger partial charge on any atom is -0.394 e. The van der Waals surface area contributed by atoms with Gasteiger partial charge < -0.3 is 40.3 Å². The molecule has 1 fully saturated rings. The summed E-state index contributed by atoms with van der Waals surface area (Å²) in [5.41, 5.74) is 0. The predicted octanol–water partition coefficient (Wildman–Crippen LogP) is 21.9. The van der Waals surface area contributed by atoms with Crippen LogP contribution in [0.1, 0.15) is 328 Å². The maximum absolute atomic E-state index is 13.2. The van der Waals surface area contributed by atoms with Crippen LogP contribution < -0.4 is 5.32 Å². The van der Waals surface area contributed by atoms with Crippen molar-refractivity contribution in [3.63, 3.8) is 0 Å². The molecule has 1 heterocycles. The molecule has 0 aromatic rings. The van der Waals surface area contributed by atoms with E-state index in [1.807, 2.05) is 6.08 Å². The lowest BCUT2D eigenvalue weighted by Gasteiger charge is -2.40. The average molecular weight is 1280 g/mol. The summed E-state index contributed by atoms with van der Waals surface area (Å²) in [6.07, 6.45) is 100. The van der Waals surface area contributed by atoms with E-state index in [1.165, 1.54) is 199 Å². The number of carbonyl (C=O) groups excluding carboxylic acids is 1. The van der Waals surface area contributed by atoms with Crippen molar-refractivity contribution in [3.8, 4) is 0 Å². The minimum absolute atomic E-state index is 0.195. The Morgan fingerprint density at radius 2 is 0.685 bits per heavy atom. The van der Waals surface area contributed by atoms with E-state index in [9.17, 15) is 30.3 Å². The van der Waals surface area contributed by atoms with Crippen LogP contribution in [0, 0.1) is 0 Å². The number of nitrogens with one attached hydrogen (secondary N) is 1. The van der Waals surface area contributed by atoms with E-state index in [0.29, 0.717) is 6.42 Å². The van der Waals surface area contributed by atoms with Gasteiger partial charge in [0, 0.05) is 6.42 Å². The van der Waals surface area contributed by atoms with Crippen molar-refractivity contribution in [3.05, 3.63) is 134 Å². The number of hydrogen-bond acceptors (Lipinski definition) is 8. The van der Waals surface area contributed by atoms with Crippen molar-refractivity contribution in [1.82, 2.24) is 5.32 Å². The minimum atomic E-state index is -1.58. The maximum Gasteiger partial charge on any atom is 0.220 e. The molecule has 528 valence electrons. The number of hydrogen-bond donors (Lipinski definition) is 6. The molecule has 0 saturated carbocycles. The predicted molar refractivity (Wildman–Crippen MR) is 396 cm³/mol. The van der Waals surface area contributed by atoms with Crippen molar-refractivity contribution in [2.45, 2.75) is 371 Å². The summed E-state index contributed by atoms with van der Waals surface area (Å²) in [4.78, 5) is 13.2. The van der Waals surface area contributed by atoms with E-state index in [4.69, 9.17) is 9.47 Å². The van der Waals surface area contributed by atoms with Crippen LogP contribution in [-0.4, -0.2) is 87.5 Å². The third-order valence-corrected chi connectivity index (χ3v) is 17.5. The first-order valence-electron chi connectivity index (χ1n) is 38.4. The third-order valence-electron chi connectivity index (χ3n) is 17.5. The normalized spacial score (nSPS) is 18.4. The molecule has 7 unspecified atom stereocenters. The topological polar surface area (TPSA) is 149 Å². The molecule has 9 nitrogen and oxygen atoms in total. The quantitative estimate of drug-likeness (QED) is 0.0261. The average Bonchev–Trinajstić information content (AvgIpc) is 1.00. The number of aliphatic hydroxyl groups excluding tert-OH is 5. The first-order chi connectivity index (χ1) is 45.3. The second-order valence-corrected chi connectivity index (χ2v) is 26.1. The lowest BCUT2D eigenvalue weighted by molar-refractivity contribution is -0.302. The first-order valence-corrected chi connectivity index (χ1v) is 38.4. The highest BCUT2D eigenvalue weighted by atomic mass is 16.7. The van der Waals surface area contributed by atoms with Crippen LogP contribution in [0.4, 0.5) is 0 Å². The van der Waals surface area contributed by atoms with Gasteiger partial charge >= 0.3 is 0 Å². The third kappa shape index (κ3) is 57.7. The van der Waals surface area contributed by atoms with Gasteiger partial charge in [-0.15, -0.1) is 0 Å². The monoisotopic (exact) mass is 1280 g/mol. The summed E-state index contributed by atoms with van der Waals surface area (Å²) in [7, 11) is 0. The summed E-state index contributed by atoms with van der Waals surface area (Å²) >= 11 is 0. The molecule has 9 heteroatoms. The number of aliphatic hydroxyl groups is 5. The van der Waals surface area contributed by atoms with Gasteiger partial charge in [-0.2, -0.15) is 0 Å². The van der Waals surface area contributed by atoms with E-state index in [1.54, 1.807) is 6.08 Å². The van der Waals surface area contributed by atoms with Crippen LogP contribution in [0.15, 0.2) is 134 Å². The van der Waals surface area contributed by atoms with Gasteiger partial charge in [0.1, 0.15) is 24.4 Å². The molecule has 0 aliphatic carbocycles. The highest BCUT2D eigenvalue weighted by molar-refractivity contribution is 5.76. The van der Waals surface area contributed by atoms with E-state index in [-0.39, 0.29) is 12.5 Å². The first kappa shape index (κ1) is 86.3. The van der Waals surface area contributed by atoms with E-state index < -0.39 is 49.5 Å². The zero-order valence-electron chi connectivity index (χ0n) is 59.3. The number of unbranched alkanes of at least 4 members (excludes halogenated alkanes) is 36. The van der Waals surface area contributed by atoms with Gasteiger partial charge in [0.25, 0.3) is 0 Å². The van der Waals surface area contributed by atoms with E-state index in [0.717, 1.165) is 109 Å². The molecule has 1 rings (SSSR count). The van der Waals surface area contributed by atoms with Crippen molar-refractivity contribution >= 4 is 5.91 Å². The SMILES string of the molecule is CC/C=C\C/C=C\C/C=C\C/C=C\C/C=C\C/C=C\C/C=C\C/C=C\C/C=C\CCCCCCCCCCCC(=O)NC(COC1OC(CO)C(O)C(O)C1O)C(O)/C=C/CC/C=C/CCCCCCCCCCCCCCCCCCCCCCCCCCCC. The highest BCUT2D eigenvalue weighted by Gasteiger charge is 2.44. The Hall–Kier alpha value is -3.67. The Balaban J connectivity index is 2.15. The summed E-state index contributed by atoms with van der Waals surface area (Å²) in [5, 5.41) is 54.8. The lowest BCUT2D eigenvalue weighted by atomic mass is 9.99. The van der Waals surface area contributed by atoms with Crippen molar-refractivity contribution < 1.29 is 39.8 Å². The molecule has 0 radical (unpaired) electrons. The fourth-order valence-corrected chi connectivity index (χ4v) is 11.5. The van der Waals surface area contributed by atoms with Crippen LogP contribution in [0.2, 0.25) is 0 Å². The zero-order valence-corrected chi connectivity index (χ0v) is 59.3. The van der Waals surface area contributed by atoms with Gasteiger partial charge in [-0.25, -0.2) is 0 Å². The summed E-state index contributed by atoms with van der Waals surface area (Å²) in [5.74, 6) is -0.195. The van der Waals surface area contributed by atoms with Gasteiger partial charge in [-0.3, -0.25) is 4.79 Å². The maximum atomic E-state index is 13.2. The highest BCUT2D eigenvalue weighted by Crippen LogP contribution is 2.23. The molecule has 0 aromatic heterocycles. The zero-order chi connectivity index (χ0) is 66.4. The second-order valence-electron chi connectivity index (χ2n) is 26.1. The van der Waals surface area contributed by atoms with Gasteiger partial charge in [-0.1, -0.05) is 353 Å². The van der Waals surface area contributed by atoms with Crippen LogP contribution in [0.25, 0.3) is 0 Å². The van der Waals surface area contributed by atoms with Crippen LogP contribution >= 0.6 is 0 Å².